The van der Waals surface area contributed by atoms with Gasteiger partial charge >= 0.3 is 0 Å². The summed E-state index contributed by atoms with van der Waals surface area (Å²) < 4.78 is 36.1. The summed E-state index contributed by atoms with van der Waals surface area (Å²) in [5.74, 6) is -0.189. The number of rotatable bonds is 5. The van der Waals surface area contributed by atoms with Crippen molar-refractivity contribution in [2.45, 2.75) is 17.7 Å². The second-order valence-corrected chi connectivity index (χ2v) is 11.7. The highest BCUT2D eigenvalue weighted by atomic mass is 35.5. The van der Waals surface area contributed by atoms with E-state index in [0.29, 0.717) is 47.0 Å². The van der Waals surface area contributed by atoms with Gasteiger partial charge in [0.05, 0.1) is 26.9 Å². The third-order valence-corrected chi connectivity index (χ3v) is 8.14. The molecular weight excluding hydrogens is 544 g/mol. The Morgan fingerprint density at radius 1 is 1.03 bits per heavy atom. The molecule has 3 aromatic carbocycles. The number of fused-ring (bicyclic) bond motifs is 4. The van der Waals surface area contributed by atoms with Crippen LogP contribution < -0.4 is 20.5 Å². The lowest BCUT2D eigenvalue weighted by atomic mass is 9.88. The number of anilines is 1. The predicted molar refractivity (Wildman–Crippen MR) is 144 cm³/mol. The molecule has 0 unspecified atom stereocenters. The van der Waals surface area contributed by atoms with Crippen molar-refractivity contribution in [2.75, 3.05) is 18.4 Å². The predicted octanol–water partition coefficient (Wildman–Crippen LogP) is 3.77. The van der Waals surface area contributed by atoms with Gasteiger partial charge in [0.15, 0.2) is 27.0 Å². The van der Waals surface area contributed by atoms with E-state index in [1.165, 1.54) is 24.3 Å². The zero-order valence-corrected chi connectivity index (χ0v) is 22.1. The van der Waals surface area contributed by atoms with Gasteiger partial charge in [0.25, 0.3) is 11.8 Å². The molecule has 4 aromatic rings. The summed E-state index contributed by atoms with van der Waals surface area (Å²) in [6, 6.07) is 14.8. The maximum absolute atomic E-state index is 13.1. The first-order valence-electron chi connectivity index (χ1n) is 11.9. The standard InChI is InChI=1S/C27H21ClN4O6S/c1-39(35,36)17-7-5-16(6-8-17)32-25-18(24(31-32)26(29)33)9-3-14-2-4-15(10-19(14)25)30-27(34)20-11-22-23(12-21(20)28)38-13-37-22/h2,4-8,10-12H,3,9,13H2,1H3,(H2,29,33)(H,30,34). The van der Waals surface area contributed by atoms with Crippen molar-refractivity contribution in [1.29, 1.82) is 0 Å². The van der Waals surface area contributed by atoms with Crippen molar-refractivity contribution >= 4 is 38.9 Å². The molecule has 0 bridgehead atoms. The number of carbonyl (C=O) groups is 2. The molecule has 0 saturated carbocycles. The number of primary amides is 1. The fourth-order valence-corrected chi connectivity index (χ4v) is 5.70. The van der Waals surface area contributed by atoms with Crippen LogP contribution in [0.1, 0.15) is 32.0 Å². The average molecular weight is 565 g/mol. The first-order valence-corrected chi connectivity index (χ1v) is 14.1. The zero-order valence-electron chi connectivity index (χ0n) is 20.5. The lowest BCUT2D eigenvalue weighted by Crippen LogP contribution is -2.16. The largest absolute Gasteiger partial charge is 0.454 e. The Morgan fingerprint density at radius 2 is 1.74 bits per heavy atom. The van der Waals surface area contributed by atoms with Crippen molar-refractivity contribution in [1.82, 2.24) is 9.78 Å². The molecule has 39 heavy (non-hydrogen) atoms. The molecular formula is C27H21ClN4O6S. The van der Waals surface area contributed by atoms with E-state index >= 15 is 0 Å². The van der Waals surface area contributed by atoms with E-state index in [1.54, 1.807) is 28.9 Å². The summed E-state index contributed by atoms with van der Waals surface area (Å²) in [6.07, 6.45) is 2.32. The van der Waals surface area contributed by atoms with Gasteiger partial charge in [-0.2, -0.15) is 5.10 Å². The Balaban J connectivity index is 1.41. The number of carbonyl (C=O) groups excluding carboxylic acids is 2. The highest BCUT2D eigenvalue weighted by Crippen LogP contribution is 2.40. The van der Waals surface area contributed by atoms with Crippen LogP contribution in [0.25, 0.3) is 16.9 Å². The Hall–Kier alpha value is -4.35. The number of nitrogens with one attached hydrogen (secondary N) is 1. The molecule has 2 heterocycles. The minimum absolute atomic E-state index is 0.0574. The number of nitrogens with two attached hydrogens (primary N) is 1. The summed E-state index contributed by atoms with van der Waals surface area (Å²) in [4.78, 5) is 25.6. The minimum atomic E-state index is -3.39. The molecule has 12 heteroatoms. The van der Waals surface area contributed by atoms with Gasteiger partial charge in [-0.25, -0.2) is 13.1 Å². The van der Waals surface area contributed by atoms with Gasteiger partial charge < -0.3 is 20.5 Å². The fourth-order valence-electron chi connectivity index (χ4n) is 4.83. The van der Waals surface area contributed by atoms with Crippen LogP contribution in [0, 0.1) is 0 Å². The Labute approximate surface area is 228 Å². The van der Waals surface area contributed by atoms with Crippen LogP contribution in [0.3, 0.4) is 0 Å². The Kier molecular flexibility index (Phi) is 5.85. The second kappa shape index (κ2) is 9.14. The number of benzene rings is 3. The van der Waals surface area contributed by atoms with Crippen LogP contribution >= 0.6 is 11.6 Å². The summed E-state index contributed by atoms with van der Waals surface area (Å²) in [6.45, 7) is 0.0574. The number of sulfone groups is 1. The molecule has 198 valence electrons. The minimum Gasteiger partial charge on any atom is -0.454 e. The molecule has 2 amide bonds. The van der Waals surface area contributed by atoms with Crippen molar-refractivity contribution in [3.63, 3.8) is 0 Å². The number of ether oxygens (including phenoxy) is 2. The normalized spacial score (nSPS) is 13.5. The van der Waals surface area contributed by atoms with Crippen molar-refractivity contribution in [3.05, 3.63) is 82.0 Å². The van der Waals surface area contributed by atoms with E-state index in [9.17, 15) is 18.0 Å². The number of aromatic nitrogens is 2. The molecule has 0 spiro atoms. The summed E-state index contributed by atoms with van der Waals surface area (Å²) in [7, 11) is -3.39. The molecule has 3 N–H and O–H groups in total. The van der Waals surface area contributed by atoms with Crippen LogP contribution in [0.4, 0.5) is 5.69 Å². The second-order valence-electron chi connectivity index (χ2n) is 9.23. The number of nitrogens with zero attached hydrogens (tertiary/aromatic N) is 2. The van der Waals surface area contributed by atoms with E-state index < -0.39 is 21.7 Å². The maximum atomic E-state index is 13.1. The van der Waals surface area contributed by atoms with E-state index in [-0.39, 0.29) is 28.0 Å². The van der Waals surface area contributed by atoms with Gasteiger partial charge in [0.1, 0.15) is 0 Å². The molecule has 0 atom stereocenters. The molecule has 1 aliphatic carbocycles. The Morgan fingerprint density at radius 3 is 2.44 bits per heavy atom. The third kappa shape index (κ3) is 4.39. The lowest BCUT2D eigenvalue weighted by molar-refractivity contribution is 0.0992. The summed E-state index contributed by atoms with van der Waals surface area (Å²) in [5, 5.41) is 7.59. The number of halogens is 1. The molecule has 0 fully saturated rings. The van der Waals surface area contributed by atoms with E-state index in [1.807, 2.05) is 6.07 Å². The van der Waals surface area contributed by atoms with Crippen LogP contribution in [0.2, 0.25) is 5.02 Å². The number of hydrogen-bond acceptors (Lipinski definition) is 7. The Bertz CT molecular complexity index is 1800. The highest BCUT2D eigenvalue weighted by Gasteiger charge is 2.29. The monoisotopic (exact) mass is 564 g/mol. The molecule has 6 rings (SSSR count). The van der Waals surface area contributed by atoms with Gasteiger partial charge in [0, 0.05) is 29.1 Å². The van der Waals surface area contributed by atoms with Crippen LogP contribution in [-0.2, 0) is 22.7 Å². The number of aryl methyl sites for hydroxylation is 1. The van der Waals surface area contributed by atoms with Gasteiger partial charge in [-0.05, 0) is 60.9 Å². The van der Waals surface area contributed by atoms with Crippen molar-refractivity contribution in [3.8, 4) is 28.4 Å². The quantitative estimate of drug-likeness (QED) is 0.375. The van der Waals surface area contributed by atoms with Crippen LogP contribution in [0.15, 0.2) is 59.5 Å². The third-order valence-electron chi connectivity index (χ3n) is 6.70. The molecule has 0 radical (unpaired) electrons. The highest BCUT2D eigenvalue weighted by molar-refractivity contribution is 7.90. The summed E-state index contributed by atoms with van der Waals surface area (Å²) >= 11 is 6.32. The lowest BCUT2D eigenvalue weighted by Gasteiger charge is -2.20. The van der Waals surface area contributed by atoms with E-state index in [0.717, 1.165) is 17.4 Å². The fraction of sp³-hybridized carbons (Fsp3) is 0.148. The number of hydrogen-bond donors (Lipinski definition) is 2. The molecule has 10 nitrogen and oxygen atoms in total. The maximum Gasteiger partial charge on any atom is 0.269 e. The average Bonchev–Trinajstić information content (AvgIpc) is 3.52. The van der Waals surface area contributed by atoms with Gasteiger partial charge in [0.2, 0.25) is 6.79 Å². The van der Waals surface area contributed by atoms with Gasteiger partial charge in [-0.15, -0.1) is 0 Å². The molecule has 1 aliphatic heterocycles. The SMILES string of the molecule is CS(=O)(=O)c1ccc(-n2nc(C(N)=O)c3c2-c2cc(NC(=O)c4cc5c(cc4Cl)OCO5)ccc2CC3)cc1. The molecule has 0 saturated heterocycles. The smallest absolute Gasteiger partial charge is 0.269 e. The number of amides is 2. The molecule has 1 aromatic heterocycles. The topological polar surface area (TPSA) is 143 Å². The molecule has 2 aliphatic rings. The van der Waals surface area contributed by atoms with Crippen molar-refractivity contribution in [2.24, 2.45) is 5.73 Å². The van der Waals surface area contributed by atoms with Gasteiger partial charge in [-0.3, -0.25) is 9.59 Å². The van der Waals surface area contributed by atoms with E-state index in [2.05, 4.69) is 10.4 Å². The van der Waals surface area contributed by atoms with Crippen LogP contribution in [-0.4, -0.2) is 43.1 Å². The first-order chi connectivity index (χ1) is 18.6. The van der Waals surface area contributed by atoms with Crippen molar-refractivity contribution < 1.29 is 27.5 Å². The summed E-state index contributed by atoms with van der Waals surface area (Å²) in [5.41, 5.74) is 10.2. The first kappa shape index (κ1) is 25.0. The van der Waals surface area contributed by atoms with E-state index in [4.69, 9.17) is 26.8 Å². The van der Waals surface area contributed by atoms with Crippen LogP contribution in [0.5, 0.6) is 11.5 Å². The zero-order chi connectivity index (χ0) is 27.5. The van der Waals surface area contributed by atoms with Gasteiger partial charge in [-0.1, -0.05) is 17.7 Å².